The lowest BCUT2D eigenvalue weighted by atomic mass is 10.2. The van der Waals surface area contributed by atoms with Crippen molar-refractivity contribution in [3.05, 3.63) is 35.9 Å². The Hall–Kier alpha value is -2.77. The fraction of sp³-hybridized carbons (Fsp3) is 0.308. The van der Waals surface area contributed by atoms with Gasteiger partial charge >= 0.3 is 5.97 Å². The molecule has 0 bridgehead atoms. The third-order valence-corrected chi connectivity index (χ3v) is 2.83. The number of amides is 1. The zero-order valence-corrected chi connectivity index (χ0v) is 11.7. The third-order valence-electron chi connectivity index (χ3n) is 2.83. The molecule has 2 aromatic heterocycles. The van der Waals surface area contributed by atoms with E-state index in [2.05, 4.69) is 27.0 Å². The van der Waals surface area contributed by atoms with E-state index in [-0.39, 0.29) is 12.2 Å². The molecule has 0 fully saturated rings. The van der Waals surface area contributed by atoms with Gasteiger partial charge in [-0.05, 0) is 26.3 Å². The van der Waals surface area contributed by atoms with Crippen LogP contribution in [0.3, 0.4) is 0 Å². The first-order chi connectivity index (χ1) is 9.92. The Morgan fingerprint density at radius 3 is 2.81 bits per heavy atom. The number of aryl methyl sites for hydroxylation is 2. The van der Waals surface area contributed by atoms with Crippen molar-refractivity contribution < 1.29 is 14.7 Å². The molecule has 0 spiro atoms. The number of fused-ring (bicyclic) bond motifs is 1. The van der Waals surface area contributed by atoms with E-state index in [0.717, 1.165) is 11.4 Å². The van der Waals surface area contributed by atoms with Gasteiger partial charge in [-0.15, -0.1) is 11.7 Å². The molecule has 0 aliphatic rings. The Morgan fingerprint density at radius 1 is 1.48 bits per heavy atom. The van der Waals surface area contributed by atoms with Gasteiger partial charge < -0.3 is 10.4 Å². The van der Waals surface area contributed by atoms with Crippen molar-refractivity contribution in [2.75, 3.05) is 0 Å². The van der Waals surface area contributed by atoms with Crippen LogP contribution in [-0.2, 0) is 4.79 Å². The molecule has 2 rings (SSSR count). The van der Waals surface area contributed by atoms with E-state index in [9.17, 15) is 9.59 Å². The van der Waals surface area contributed by atoms with Crippen molar-refractivity contribution in [2.24, 2.45) is 0 Å². The molecule has 8 nitrogen and oxygen atoms in total. The number of aliphatic carboxylic acids is 1. The van der Waals surface area contributed by atoms with Crippen LogP contribution in [-0.4, -0.2) is 42.6 Å². The van der Waals surface area contributed by atoms with Crippen LogP contribution in [0.4, 0.5) is 0 Å². The van der Waals surface area contributed by atoms with Crippen molar-refractivity contribution >= 4 is 17.7 Å². The number of aromatic nitrogens is 4. The first-order valence-corrected chi connectivity index (χ1v) is 6.28. The summed E-state index contributed by atoms with van der Waals surface area (Å²) in [5.41, 5.74) is 1.54. The van der Waals surface area contributed by atoms with Gasteiger partial charge in [-0.25, -0.2) is 14.3 Å². The van der Waals surface area contributed by atoms with Crippen LogP contribution in [0.1, 0.15) is 28.4 Å². The van der Waals surface area contributed by atoms with Crippen molar-refractivity contribution in [1.29, 1.82) is 0 Å². The average molecular weight is 289 g/mol. The number of carboxylic acids is 1. The van der Waals surface area contributed by atoms with Crippen molar-refractivity contribution in [3.63, 3.8) is 0 Å². The minimum atomic E-state index is -1.14. The summed E-state index contributed by atoms with van der Waals surface area (Å²) in [5, 5.41) is 15.4. The molecule has 0 saturated carbocycles. The summed E-state index contributed by atoms with van der Waals surface area (Å²) in [6.07, 6.45) is 1.54. The highest BCUT2D eigenvalue weighted by Crippen LogP contribution is 2.06. The molecule has 1 unspecified atom stereocenters. The summed E-state index contributed by atoms with van der Waals surface area (Å²) < 4.78 is 1.44. The second-order valence-corrected chi connectivity index (χ2v) is 4.57. The van der Waals surface area contributed by atoms with Gasteiger partial charge in [0.25, 0.3) is 11.7 Å². The molecule has 0 saturated heterocycles. The van der Waals surface area contributed by atoms with E-state index in [0.29, 0.717) is 5.78 Å². The number of hydrogen-bond acceptors (Lipinski definition) is 5. The standard InChI is InChI=1S/C13H15N5O3/c1-4-5-9(12(20)21)15-11(19)10-16-13-14-7(2)6-8(3)18(13)17-10/h4,6,9H,1,5H2,2-3H3,(H,15,19)(H,20,21). The topological polar surface area (TPSA) is 109 Å². The monoisotopic (exact) mass is 289 g/mol. The molecular weight excluding hydrogens is 274 g/mol. The zero-order chi connectivity index (χ0) is 15.6. The third kappa shape index (κ3) is 3.04. The number of rotatable bonds is 5. The first-order valence-electron chi connectivity index (χ1n) is 6.28. The minimum Gasteiger partial charge on any atom is -0.480 e. The quantitative estimate of drug-likeness (QED) is 0.776. The van der Waals surface area contributed by atoms with Crippen LogP contribution in [0.15, 0.2) is 18.7 Å². The van der Waals surface area contributed by atoms with Crippen LogP contribution < -0.4 is 5.32 Å². The number of nitrogens with one attached hydrogen (secondary N) is 1. The SMILES string of the molecule is C=CCC(NC(=O)c1nc2nc(C)cc(C)n2n1)C(=O)O. The normalized spacial score (nSPS) is 12.1. The summed E-state index contributed by atoms with van der Waals surface area (Å²) >= 11 is 0. The summed E-state index contributed by atoms with van der Waals surface area (Å²) in [5.74, 6) is -1.62. The number of carbonyl (C=O) groups excluding carboxylic acids is 1. The minimum absolute atomic E-state index is 0.116. The van der Waals surface area contributed by atoms with E-state index in [4.69, 9.17) is 5.11 Å². The van der Waals surface area contributed by atoms with Gasteiger partial charge in [0, 0.05) is 11.4 Å². The van der Waals surface area contributed by atoms with Crippen LogP contribution in [0.5, 0.6) is 0 Å². The zero-order valence-electron chi connectivity index (χ0n) is 11.7. The fourth-order valence-corrected chi connectivity index (χ4v) is 1.87. The molecule has 2 aromatic rings. The summed E-state index contributed by atoms with van der Waals surface area (Å²) in [6, 6.07) is 0.749. The Bertz CT molecular complexity index is 722. The molecule has 0 aromatic carbocycles. The molecule has 1 atom stereocenters. The summed E-state index contributed by atoms with van der Waals surface area (Å²) in [4.78, 5) is 31.2. The van der Waals surface area contributed by atoms with E-state index in [1.807, 2.05) is 13.8 Å². The van der Waals surface area contributed by atoms with Gasteiger partial charge in [0.1, 0.15) is 6.04 Å². The molecule has 0 aliphatic heterocycles. The van der Waals surface area contributed by atoms with Gasteiger partial charge in [0.05, 0.1) is 0 Å². The highest BCUT2D eigenvalue weighted by atomic mass is 16.4. The van der Waals surface area contributed by atoms with Gasteiger partial charge in [0.2, 0.25) is 5.82 Å². The Morgan fingerprint density at radius 2 is 2.19 bits per heavy atom. The second-order valence-electron chi connectivity index (χ2n) is 4.57. The number of nitrogens with zero attached hydrogens (tertiary/aromatic N) is 4. The van der Waals surface area contributed by atoms with Gasteiger partial charge in [0.15, 0.2) is 0 Å². The predicted molar refractivity (Wildman–Crippen MR) is 74.0 cm³/mol. The molecular formula is C13H15N5O3. The molecule has 0 aliphatic carbocycles. The van der Waals surface area contributed by atoms with Gasteiger partial charge in [-0.2, -0.15) is 4.98 Å². The second kappa shape index (κ2) is 5.70. The van der Waals surface area contributed by atoms with E-state index in [1.54, 1.807) is 6.07 Å². The molecule has 8 heteroatoms. The van der Waals surface area contributed by atoms with Crippen molar-refractivity contribution in [1.82, 2.24) is 24.9 Å². The predicted octanol–water partition coefficient (Wildman–Crippen LogP) is 0.500. The van der Waals surface area contributed by atoms with Crippen LogP contribution in [0.2, 0.25) is 0 Å². The molecule has 0 radical (unpaired) electrons. The highest BCUT2D eigenvalue weighted by molar-refractivity contribution is 5.93. The lowest BCUT2D eigenvalue weighted by molar-refractivity contribution is -0.139. The Labute approximate surface area is 120 Å². The van der Waals surface area contributed by atoms with Gasteiger partial charge in [-0.1, -0.05) is 6.08 Å². The Balaban J connectivity index is 2.29. The fourth-order valence-electron chi connectivity index (χ4n) is 1.87. The smallest absolute Gasteiger partial charge is 0.326 e. The highest BCUT2D eigenvalue weighted by Gasteiger charge is 2.22. The van der Waals surface area contributed by atoms with Crippen LogP contribution >= 0.6 is 0 Å². The van der Waals surface area contributed by atoms with Crippen LogP contribution in [0, 0.1) is 13.8 Å². The van der Waals surface area contributed by atoms with E-state index < -0.39 is 17.9 Å². The largest absolute Gasteiger partial charge is 0.480 e. The molecule has 21 heavy (non-hydrogen) atoms. The lowest BCUT2D eigenvalue weighted by Crippen LogP contribution is -2.40. The average Bonchev–Trinajstić information content (AvgIpc) is 2.82. The molecule has 2 heterocycles. The molecule has 110 valence electrons. The molecule has 2 N–H and O–H groups in total. The first kappa shape index (κ1) is 14.6. The maximum atomic E-state index is 12.0. The van der Waals surface area contributed by atoms with E-state index in [1.165, 1.54) is 10.6 Å². The summed E-state index contributed by atoms with van der Waals surface area (Å²) in [7, 11) is 0. The van der Waals surface area contributed by atoms with Crippen molar-refractivity contribution in [3.8, 4) is 0 Å². The molecule has 1 amide bonds. The van der Waals surface area contributed by atoms with Crippen LogP contribution in [0.25, 0.3) is 5.78 Å². The number of carboxylic acid groups (broad SMARTS) is 1. The van der Waals surface area contributed by atoms with Crippen molar-refractivity contribution in [2.45, 2.75) is 26.3 Å². The Kier molecular flexibility index (Phi) is 3.97. The lowest BCUT2D eigenvalue weighted by Gasteiger charge is -2.10. The number of carbonyl (C=O) groups is 2. The maximum absolute atomic E-state index is 12.0. The van der Waals surface area contributed by atoms with E-state index >= 15 is 0 Å². The van der Waals surface area contributed by atoms with Gasteiger partial charge in [-0.3, -0.25) is 4.79 Å². The summed E-state index contributed by atoms with van der Waals surface area (Å²) in [6.45, 7) is 7.09. The number of hydrogen-bond donors (Lipinski definition) is 2. The maximum Gasteiger partial charge on any atom is 0.326 e.